The van der Waals surface area contributed by atoms with Gasteiger partial charge in [0.15, 0.2) is 0 Å². The van der Waals surface area contributed by atoms with Crippen molar-refractivity contribution in [3.05, 3.63) is 55.7 Å². The molecule has 2 aromatic rings. The Morgan fingerprint density at radius 1 is 1.20 bits per heavy atom. The standard InChI is InChI=1S/C16H17BrCl2S/c1-4-16(2,3)11-7-5-10(6-8-11)14(17)12-9-13(18)20-15(12)19/h5-9,14H,4H2,1-3H3. The van der Waals surface area contributed by atoms with Gasteiger partial charge in [-0.15, -0.1) is 11.3 Å². The van der Waals surface area contributed by atoms with E-state index in [2.05, 4.69) is 61.0 Å². The van der Waals surface area contributed by atoms with Crippen LogP contribution in [0.2, 0.25) is 8.67 Å². The first-order valence-corrected chi connectivity index (χ1v) is 9.03. The second-order valence-corrected chi connectivity index (χ2v) is 8.70. The van der Waals surface area contributed by atoms with E-state index in [0.717, 1.165) is 20.7 Å². The third kappa shape index (κ3) is 3.41. The summed E-state index contributed by atoms with van der Waals surface area (Å²) >= 11 is 17.4. The molecule has 0 saturated heterocycles. The highest BCUT2D eigenvalue weighted by Crippen LogP contribution is 2.42. The van der Waals surface area contributed by atoms with Crippen molar-refractivity contribution in [2.45, 2.75) is 37.4 Å². The SMILES string of the molecule is CCC(C)(C)c1ccc(C(Br)c2cc(Cl)sc2Cl)cc1. The van der Waals surface area contributed by atoms with Crippen molar-refractivity contribution in [3.63, 3.8) is 0 Å². The quantitative estimate of drug-likeness (QED) is 0.482. The molecule has 0 nitrogen and oxygen atoms in total. The lowest BCUT2D eigenvalue weighted by Crippen LogP contribution is -2.15. The Bertz CT molecular complexity index is 587. The molecule has 1 heterocycles. The summed E-state index contributed by atoms with van der Waals surface area (Å²) in [5.41, 5.74) is 3.79. The van der Waals surface area contributed by atoms with E-state index in [4.69, 9.17) is 23.2 Å². The van der Waals surface area contributed by atoms with Crippen LogP contribution in [0.5, 0.6) is 0 Å². The van der Waals surface area contributed by atoms with Gasteiger partial charge in [0.05, 0.1) is 13.5 Å². The van der Waals surface area contributed by atoms with Crippen LogP contribution in [-0.2, 0) is 5.41 Å². The van der Waals surface area contributed by atoms with Crippen molar-refractivity contribution in [3.8, 4) is 0 Å². The minimum atomic E-state index is 0.0811. The molecule has 0 aliphatic rings. The fraction of sp³-hybridized carbons (Fsp3) is 0.375. The minimum absolute atomic E-state index is 0.0811. The van der Waals surface area contributed by atoms with Crippen molar-refractivity contribution in [1.29, 1.82) is 0 Å². The topological polar surface area (TPSA) is 0 Å². The first-order valence-electron chi connectivity index (χ1n) is 6.54. The van der Waals surface area contributed by atoms with Crippen LogP contribution in [0.4, 0.5) is 0 Å². The molecule has 0 amide bonds. The Hall–Kier alpha value is -0.0200. The number of rotatable bonds is 4. The van der Waals surface area contributed by atoms with Gasteiger partial charge in [-0.1, -0.05) is 84.2 Å². The maximum atomic E-state index is 6.22. The predicted molar refractivity (Wildman–Crippen MR) is 94.9 cm³/mol. The lowest BCUT2D eigenvalue weighted by Gasteiger charge is -2.23. The van der Waals surface area contributed by atoms with E-state index in [1.165, 1.54) is 22.5 Å². The highest BCUT2D eigenvalue weighted by Gasteiger charge is 2.20. The third-order valence-corrected chi connectivity index (χ3v) is 6.36. The van der Waals surface area contributed by atoms with Gasteiger partial charge in [-0.25, -0.2) is 0 Å². The van der Waals surface area contributed by atoms with Crippen LogP contribution in [0.25, 0.3) is 0 Å². The second-order valence-electron chi connectivity index (χ2n) is 5.50. The molecule has 0 fully saturated rings. The largest absolute Gasteiger partial charge is 0.111 e. The zero-order chi connectivity index (χ0) is 14.9. The van der Waals surface area contributed by atoms with Gasteiger partial charge in [0, 0.05) is 5.56 Å². The van der Waals surface area contributed by atoms with Crippen molar-refractivity contribution in [2.24, 2.45) is 0 Å². The number of hydrogen-bond acceptors (Lipinski definition) is 1. The van der Waals surface area contributed by atoms with Crippen LogP contribution >= 0.6 is 50.5 Å². The Labute approximate surface area is 143 Å². The van der Waals surface area contributed by atoms with Gasteiger partial charge in [0.2, 0.25) is 0 Å². The molecular formula is C16H17BrCl2S. The average molecular weight is 392 g/mol. The molecule has 0 aliphatic carbocycles. The Morgan fingerprint density at radius 2 is 1.80 bits per heavy atom. The normalized spacial score (nSPS) is 13.5. The van der Waals surface area contributed by atoms with Gasteiger partial charge in [0.1, 0.15) is 0 Å². The summed E-state index contributed by atoms with van der Waals surface area (Å²) in [6.45, 7) is 6.75. The van der Waals surface area contributed by atoms with Gasteiger partial charge in [-0.3, -0.25) is 0 Å². The average Bonchev–Trinajstić information content (AvgIpc) is 2.77. The summed E-state index contributed by atoms with van der Waals surface area (Å²) in [6.07, 6.45) is 1.12. The highest BCUT2D eigenvalue weighted by molar-refractivity contribution is 9.09. The first-order chi connectivity index (χ1) is 9.35. The van der Waals surface area contributed by atoms with Crippen molar-refractivity contribution >= 4 is 50.5 Å². The summed E-state index contributed by atoms with van der Waals surface area (Å²) in [5.74, 6) is 0. The van der Waals surface area contributed by atoms with Gasteiger partial charge in [-0.2, -0.15) is 0 Å². The van der Waals surface area contributed by atoms with Crippen molar-refractivity contribution < 1.29 is 0 Å². The molecule has 4 heteroatoms. The predicted octanol–water partition coefficient (Wildman–Crippen LogP) is 7.23. The minimum Gasteiger partial charge on any atom is -0.111 e. The molecule has 0 N–H and O–H groups in total. The summed E-state index contributed by atoms with van der Waals surface area (Å²) in [7, 11) is 0. The summed E-state index contributed by atoms with van der Waals surface area (Å²) in [5, 5.41) is 0. The van der Waals surface area contributed by atoms with E-state index in [9.17, 15) is 0 Å². The second kappa shape index (κ2) is 6.39. The summed E-state index contributed by atoms with van der Waals surface area (Å²) in [6, 6.07) is 10.7. The smallest absolute Gasteiger partial charge is 0.0990 e. The third-order valence-electron chi connectivity index (χ3n) is 3.82. The maximum Gasteiger partial charge on any atom is 0.0990 e. The molecule has 2 rings (SSSR count). The molecule has 1 unspecified atom stereocenters. The van der Waals surface area contributed by atoms with Gasteiger partial charge in [0.25, 0.3) is 0 Å². The molecule has 108 valence electrons. The monoisotopic (exact) mass is 390 g/mol. The van der Waals surface area contributed by atoms with Crippen LogP contribution in [0.1, 0.15) is 48.7 Å². The zero-order valence-corrected chi connectivity index (χ0v) is 15.6. The Balaban J connectivity index is 2.28. The molecule has 0 aliphatic heterocycles. The summed E-state index contributed by atoms with van der Waals surface area (Å²) < 4.78 is 1.47. The van der Waals surface area contributed by atoms with E-state index < -0.39 is 0 Å². The first kappa shape index (κ1) is 16.4. The number of hydrogen-bond donors (Lipinski definition) is 0. The molecule has 0 bridgehead atoms. The molecule has 1 aromatic heterocycles. The van der Waals surface area contributed by atoms with E-state index >= 15 is 0 Å². The molecule has 0 spiro atoms. The molecule has 0 radical (unpaired) electrons. The van der Waals surface area contributed by atoms with Gasteiger partial charge < -0.3 is 0 Å². The zero-order valence-electron chi connectivity index (χ0n) is 11.7. The number of thiophene rings is 1. The molecular weight excluding hydrogens is 375 g/mol. The van der Waals surface area contributed by atoms with Crippen molar-refractivity contribution in [1.82, 2.24) is 0 Å². The van der Waals surface area contributed by atoms with E-state index in [-0.39, 0.29) is 10.2 Å². The fourth-order valence-electron chi connectivity index (χ4n) is 2.01. The van der Waals surface area contributed by atoms with E-state index in [1.807, 2.05) is 6.07 Å². The van der Waals surface area contributed by atoms with Gasteiger partial charge in [-0.05, 0) is 29.0 Å². The maximum absolute atomic E-state index is 6.22. The van der Waals surface area contributed by atoms with E-state index in [1.54, 1.807) is 0 Å². The molecule has 20 heavy (non-hydrogen) atoms. The molecule has 0 saturated carbocycles. The highest BCUT2D eigenvalue weighted by atomic mass is 79.9. The number of benzene rings is 1. The van der Waals surface area contributed by atoms with Crippen LogP contribution < -0.4 is 0 Å². The van der Waals surface area contributed by atoms with Crippen LogP contribution in [0, 0.1) is 0 Å². The fourth-order valence-corrected chi connectivity index (χ4v) is 4.49. The van der Waals surface area contributed by atoms with Crippen molar-refractivity contribution in [2.75, 3.05) is 0 Å². The Kier molecular flexibility index (Phi) is 5.23. The van der Waals surface area contributed by atoms with E-state index in [0.29, 0.717) is 0 Å². The Morgan fingerprint density at radius 3 is 2.25 bits per heavy atom. The van der Waals surface area contributed by atoms with Gasteiger partial charge >= 0.3 is 0 Å². The lowest BCUT2D eigenvalue weighted by atomic mass is 9.82. The van der Waals surface area contributed by atoms with Crippen LogP contribution in [-0.4, -0.2) is 0 Å². The van der Waals surface area contributed by atoms with Crippen LogP contribution in [0.15, 0.2) is 30.3 Å². The number of alkyl halides is 1. The molecule has 1 atom stereocenters. The number of halogens is 3. The lowest BCUT2D eigenvalue weighted by molar-refractivity contribution is 0.506. The molecule has 1 aromatic carbocycles. The van der Waals surface area contributed by atoms with Crippen LogP contribution in [0.3, 0.4) is 0 Å². The summed E-state index contributed by atoms with van der Waals surface area (Å²) in [4.78, 5) is 0.0811.